The highest BCUT2D eigenvalue weighted by molar-refractivity contribution is 5.71. The molecule has 0 heterocycles. The standard InChI is InChI=1S/C14H21NO3/c1-3-18-14(17)11-15(2)10-9-13(16)12-7-5-4-6-8-12/h4-8,13,16H,3,9-11H2,1-2H3. The number of esters is 1. The van der Waals surface area contributed by atoms with Crippen molar-refractivity contribution < 1.29 is 14.6 Å². The van der Waals surface area contributed by atoms with Gasteiger partial charge in [0.2, 0.25) is 0 Å². The van der Waals surface area contributed by atoms with Crippen LogP contribution in [0.15, 0.2) is 30.3 Å². The Morgan fingerprint density at radius 3 is 2.67 bits per heavy atom. The Labute approximate surface area is 108 Å². The van der Waals surface area contributed by atoms with E-state index >= 15 is 0 Å². The number of benzene rings is 1. The van der Waals surface area contributed by atoms with E-state index in [1.54, 1.807) is 6.92 Å². The SMILES string of the molecule is CCOC(=O)CN(C)CCC(O)c1ccccc1. The molecule has 1 aromatic rings. The maximum atomic E-state index is 11.2. The number of carbonyl (C=O) groups excluding carboxylic acids is 1. The average molecular weight is 251 g/mol. The first-order chi connectivity index (χ1) is 8.63. The van der Waals surface area contributed by atoms with Crippen LogP contribution in [0.4, 0.5) is 0 Å². The highest BCUT2D eigenvalue weighted by Gasteiger charge is 2.11. The van der Waals surface area contributed by atoms with Crippen molar-refractivity contribution in [3.05, 3.63) is 35.9 Å². The van der Waals surface area contributed by atoms with Gasteiger partial charge < -0.3 is 9.84 Å². The average Bonchev–Trinajstić information content (AvgIpc) is 2.37. The van der Waals surface area contributed by atoms with Crippen LogP contribution in [-0.4, -0.2) is 42.7 Å². The van der Waals surface area contributed by atoms with Gasteiger partial charge in [0.25, 0.3) is 0 Å². The van der Waals surface area contributed by atoms with E-state index in [0.717, 1.165) is 5.56 Å². The molecule has 1 atom stereocenters. The largest absolute Gasteiger partial charge is 0.465 e. The zero-order valence-corrected chi connectivity index (χ0v) is 11.0. The zero-order chi connectivity index (χ0) is 13.4. The van der Waals surface area contributed by atoms with Crippen LogP contribution in [0, 0.1) is 0 Å². The summed E-state index contributed by atoms with van der Waals surface area (Å²) in [6.45, 7) is 3.10. The van der Waals surface area contributed by atoms with E-state index in [1.807, 2.05) is 42.3 Å². The van der Waals surface area contributed by atoms with Crippen molar-refractivity contribution in [2.45, 2.75) is 19.4 Å². The van der Waals surface area contributed by atoms with Gasteiger partial charge in [0, 0.05) is 6.54 Å². The summed E-state index contributed by atoms with van der Waals surface area (Å²) >= 11 is 0. The fourth-order valence-electron chi connectivity index (χ4n) is 1.69. The summed E-state index contributed by atoms with van der Waals surface area (Å²) in [5, 5.41) is 9.96. The first-order valence-corrected chi connectivity index (χ1v) is 6.20. The second-order valence-corrected chi connectivity index (χ2v) is 4.26. The van der Waals surface area contributed by atoms with Gasteiger partial charge in [-0.05, 0) is 26.0 Å². The van der Waals surface area contributed by atoms with E-state index in [-0.39, 0.29) is 12.5 Å². The molecule has 0 aliphatic carbocycles. The molecular formula is C14H21NO3. The second kappa shape index (κ2) is 7.84. The number of nitrogens with zero attached hydrogens (tertiary/aromatic N) is 1. The molecule has 0 saturated heterocycles. The fraction of sp³-hybridized carbons (Fsp3) is 0.500. The van der Waals surface area contributed by atoms with Crippen LogP contribution in [0.25, 0.3) is 0 Å². The Morgan fingerprint density at radius 2 is 2.06 bits per heavy atom. The van der Waals surface area contributed by atoms with Crippen molar-refractivity contribution >= 4 is 5.97 Å². The van der Waals surface area contributed by atoms with Gasteiger partial charge in [-0.1, -0.05) is 30.3 Å². The molecule has 0 aliphatic rings. The molecule has 1 aromatic carbocycles. The molecule has 0 radical (unpaired) electrons. The highest BCUT2D eigenvalue weighted by atomic mass is 16.5. The molecule has 0 aromatic heterocycles. The summed E-state index contributed by atoms with van der Waals surface area (Å²) in [4.78, 5) is 13.1. The van der Waals surface area contributed by atoms with Crippen LogP contribution in [0.5, 0.6) is 0 Å². The molecule has 18 heavy (non-hydrogen) atoms. The van der Waals surface area contributed by atoms with E-state index in [0.29, 0.717) is 19.6 Å². The number of carbonyl (C=O) groups is 1. The molecule has 0 aliphatic heterocycles. The first-order valence-electron chi connectivity index (χ1n) is 6.20. The molecule has 0 saturated carbocycles. The highest BCUT2D eigenvalue weighted by Crippen LogP contribution is 2.15. The molecule has 0 amide bonds. The number of hydrogen-bond donors (Lipinski definition) is 1. The Balaban J connectivity index is 2.30. The number of hydrogen-bond acceptors (Lipinski definition) is 4. The molecule has 0 fully saturated rings. The molecule has 4 nitrogen and oxygen atoms in total. The van der Waals surface area contributed by atoms with Crippen molar-refractivity contribution in [1.29, 1.82) is 0 Å². The van der Waals surface area contributed by atoms with Crippen molar-refractivity contribution in [2.75, 3.05) is 26.7 Å². The van der Waals surface area contributed by atoms with E-state index in [4.69, 9.17) is 4.74 Å². The Kier molecular flexibility index (Phi) is 6.39. The Bertz CT molecular complexity index is 353. The third-order valence-corrected chi connectivity index (χ3v) is 2.67. The lowest BCUT2D eigenvalue weighted by Gasteiger charge is -2.18. The minimum absolute atomic E-state index is 0.228. The van der Waals surface area contributed by atoms with Gasteiger partial charge in [-0.3, -0.25) is 9.69 Å². The van der Waals surface area contributed by atoms with Crippen LogP contribution in [0.2, 0.25) is 0 Å². The summed E-state index contributed by atoms with van der Waals surface area (Å²) in [7, 11) is 1.84. The first kappa shape index (κ1) is 14.7. The molecule has 1 unspecified atom stereocenters. The van der Waals surface area contributed by atoms with Crippen LogP contribution < -0.4 is 0 Å². The number of aliphatic hydroxyl groups excluding tert-OH is 1. The maximum Gasteiger partial charge on any atom is 0.320 e. The second-order valence-electron chi connectivity index (χ2n) is 4.26. The number of ether oxygens (including phenoxy) is 1. The molecule has 4 heteroatoms. The maximum absolute atomic E-state index is 11.2. The predicted octanol–water partition coefficient (Wildman–Crippen LogP) is 1.61. The Morgan fingerprint density at radius 1 is 1.39 bits per heavy atom. The van der Waals surface area contributed by atoms with Crippen LogP contribution in [0.3, 0.4) is 0 Å². The van der Waals surface area contributed by atoms with E-state index in [1.165, 1.54) is 0 Å². The summed E-state index contributed by atoms with van der Waals surface area (Å²) in [5.41, 5.74) is 0.905. The van der Waals surface area contributed by atoms with E-state index < -0.39 is 6.10 Å². The van der Waals surface area contributed by atoms with Crippen LogP contribution >= 0.6 is 0 Å². The molecule has 100 valence electrons. The fourth-order valence-corrected chi connectivity index (χ4v) is 1.69. The summed E-state index contributed by atoms with van der Waals surface area (Å²) < 4.78 is 4.86. The normalized spacial score (nSPS) is 12.4. The monoisotopic (exact) mass is 251 g/mol. The minimum atomic E-state index is -0.490. The molecule has 1 N–H and O–H groups in total. The number of likely N-dealkylation sites (N-methyl/N-ethyl adjacent to an activating group) is 1. The van der Waals surface area contributed by atoms with Crippen molar-refractivity contribution in [1.82, 2.24) is 4.90 Å². The predicted molar refractivity (Wildman–Crippen MR) is 70.1 cm³/mol. The number of rotatable bonds is 7. The Hall–Kier alpha value is -1.39. The quantitative estimate of drug-likeness (QED) is 0.748. The van der Waals surface area contributed by atoms with Gasteiger partial charge in [-0.25, -0.2) is 0 Å². The number of aliphatic hydroxyl groups is 1. The molecule has 1 rings (SSSR count). The lowest BCUT2D eigenvalue weighted by Crippen LogP contribution is -2.29. The lowest BCUT2D eigenvalue weighted by molar-refractivity contribution is -0.144. The van der Waals surface area contributed by atoms with Gasteiger partial charge in [0.1, 0.15) is 0 Å². The van der Waals surface area contributed by atoms with Gasteiger partial charge in [-0.2, -0.15) is 0 Å². The van der Waals surface area contributed by atoms with Gasteiger partial charge >= 0.3 is 5.97 Å². The van der Waals surface area contributed by atoms with Crippen molar-refractivity contribution in [3.8, 4) is 0 Å². The smallest absolute Gasteiger partial charge is 0.320 e. The lowest BCUT2D eigenvalue weighted by atomic mass is 10.1. The van der Waals surface area contributed by atoms with Crippen molar-refractivity contribution in [2.24, 2.45) is 0 Å². The van der Waals surface area contributed by atoms with Crippen molar-refractivity contribution in [3.63, 3.8) is 0 Å². The third kappa shape index (κ3) is 5.29. The third-order valence-electron chi connectivity index (χ3n) is 2.67. The minimum Gasteiger partial charge on any atom is -0.465 e. The van der Waals surface area contributed by atoms with Crippen LogP contribution in [0.1, 0.15) is 25.0 Å². The van der Waals surface area contributed by atoms with E-state index in [2.05, 4.69) is 0 Å². The van der Waals surface area contributed by atoms with Gasteiger partial charge in [0.15, 0.2) is 0 Å². The van der Waals surface area contributed by atoms with Gasteiger partial charge in [0.05, 0.1) is 19.3 Å². The summed E-state index contributed by atoms with van der Waals surface area (Å²) in [5.74, 6) is -0.228. The molecule has 0 bridgehead atoms. The summed E-state index contributed by atoms with van der Waals surface area (Å²) in [6, 6.07) is 9.52. The molecular weight excluding hydrogens is 230 g/mol. The summed E-state index contributed by atoms with van der Waals surface area (Å²) in [6.07, 6.45) is 0.107. The topological polar surface area (TPSA) is 49.8 Å². The van der Waals surface area contributed by atoms with Crippen LogP contribution in [-0.2, 0) is 9.53 Å². The zero-order valence-electron chi connectivity index (χ0n) is 11.0. The molecule has 0 spiro atoms. The van der Waals surface area contributed by atoms with E-state index in [9.17, 15) is 9.90 Å². The van der Waals surface area contributed by atoms with Gasteiger partial charge in [-0.15, -0.1) is 0 Å².